The van der Waals surface area contributed by atoms with E-state index in [-0.39, 0.29) is 5.91 Å². The molecule has 1 heterocycles. The normalized spacial score (nSPS) is 11.5. The number of hydrogen-bond donors (Lipinski definition) is 1. The summed E-state index contributed by atoms with van der Waals surface area (Å²) < 4.78 is 5.52. The predicted molar refractivity (Wildman–Crippen MR) is 70.5 cm³/mol. The van der Waals surface area contributed by atoms with Crippen LogP contribution in [0, 0.1) is 0 Å². The fourth-order valence-corrected chi connectivity index (χ4v) is 1.56. The van der Waals surface area contributed by atoms with Gasteiger partial charge in [0.1, 0.15) is 11.3 Å². The molecular weight excluding hydrogens is 230 g/mol. The number of hydrogen-bond acceptors (Lipinski definition) is 4. The van der Waals surface area contributed by atoms with E-state index >= 15 is 0 Å². The number of nitrogens with one attached hydrogen (secondary N) is 1. The Bertz CT molecular complexity index is 539. The van der Waals surface area contributed by atoms with E-state index in [4.69, 9.17) is 4.42 Å². The topological polar surface area (TPSA) is 57.8 Å². The maximum Gasteiger partial charge on any atom is 0.254 e. The van der Waals surface area contributed by atoms with Crippen LogP contribution >= 0.6 is 0 Å². The van der Waals surface area contributed by atoms with E-state index in [1.54, 1.807) is 4.90 Å². The summed E-state index contributed by atoms with van der Waals surface area (Å²) in [5.41, 5.74) is 3.24. The van der Waals surface area contributed by atoms with Crippen LogP contribution in [-0.4, -0.2) is 37.7 Å². The van der Waals surface area contributed by atoms with Crippen molar-refractivity contribution in [3.63, 3.8) is 0 Å². The van der Waals surface area contributed by atoms with Crippen LogP contribution in [-0.2, 0) is 4.79 Å². The fourth-order valence-electron chi connectivity index (χ4n) is 1.56. The molecule has 0 radical (unpaired) electrons. The van der Waals surface area contributed by atoms with Gasteiger partial charge in [-0.3, -0.25) is 4.79 Å². The van der Waals surface area contributed by atoms with Gasteiger partial charge in [-0.15, -0.1) is 0 Å². The number of carbonyl (C=O) groups excluding carboxylic acids is 1. The Kier molecular flexibility index (Phi) is 3.74. The van der Waals surface area contributed by atoms with Crippen LogP contribution in [0.2, 0.25) is 0 Å². The lowest BCUT2D eigenvalue weighted by Crippen LogP contribution is -2.30. The number of carbonyl (C=O) groups is 1. The van der Waals surface area contributed by atoms with Crippen molar-refractivity contribution in [2.24, 2.45) is 5.10 Å². The van der Waals surface area contributed by atoms with Gasteiger partial charge in [-0.2, -0.15) is 5.10 Å². The highest BCUT2D eigenvalue weighted by Crippen LogP contribution is 2.17. The van der Waals surface area contributed by atoms with Crippen LogP contribution in [0.5, 0.6) is 0 Å². The molecule has 1 aromatic heterocycles. The zero-order valence-corrected chi connectivity index (χ0v) is 10.4. The minimum absolute atomic E-state index is 0.160. The monoisotopic (exact) mass is 245 g/mol. The van der Waals surface area contributed by atoms with Crippen molar-refractivity contribution >= 4 is 23.1 Å². The smallest absolute Gasteiger partial charge is 0.254 e. The van der Waals surface area contributed by atoms with Crippen molar-refractivity contribution in [1.29, 1.82) is 0 Å². The Morgan fingerprint density at radius 1 is 1.44 bits per heavy atom. The molecule has 0 bridgehead atoms. The van der Waals surface area contributed by atoms with Gasteiger partial charge in [0.25, 0.3) is 5.91 Å². The Morgan fingerprint density at radius 3 is 2.94 bits per heavy atom. The van der Waals surface area contributed by atoms with E-state index in [0.717, 1.165) is 11.0 Å². The maximum absolute atomic E-state index is 11.3. The molecular formula is C13H15N3O2. The number of rotatable bonds is 4. The molecule has 18 heavy (non-hydrogen) atoms. The summed E-state index contributed by atoms with van der Waals surface area (Å²) in [7, 11) is 3.64. The van der Waals surface area contributed by atoms with Gasteiger partial charge in [0.2, 0.25) is 0 Å². The summed E-state index contributed by atoms with van der Waals surface area (Å²) in [5, 5.41) is 4.86. The van der Waals surface area contributed by atoms with Crippen molar-refractivity contribution in [2.45, 2.75) is 0 Å². The number of furan rings is 1. The van der Waals surface area contributed by atoms with Gasteiger partial charge in [0.15, 0.2) is 0 Å². The molecule has 0 unspecified atom stereocenters. The summed E-state index contributed by atoms with van der Waals surface area (Å²) in [5.74, 6) is 0.453. The molecule has 2 rings (SSSR count). The van der Waals surface area contributed by atoms with Gasteiger partial charge in [-0.05, 0) is 26.2 Å². The predicted octanol–water partition coefficient (Wildman–Crippen LogP) is 1.44. The molecule has 2 aromatic rings. The quantitative estimate of drug-likeness (QED) is 0.655. The third kappa shape index (κ3) is 3.18. The largest absolute Gasteiger partial charge is 0.455 e. The molecule has 1 N–H and O–H groups in total. The molecule has 0 saturated carbocycles. The van der Waals surface area contributed by atoms with Gasteiger partial charge < -0.3 is 9.32 Å². The van der Waals surface area contributed by atoms with Gasteiger partial charge in [0.05, 0.1) is 12.8 Å². The number of likely N-dealkylation sites (N-methyl/N-ethyl adjacent to an activating group) is 1. The summed E-state index contributed by atoms with van der Waals surface area (Å²) in [6.07, 6.45) is 1.49. The molecule has 1 amide bonds. The zero-order chi connectivity index (χ0) is 13.0. The average molecular weight is 245 g/mol. The van der Waals surface area contributed by atoms with Crippen molar-refractivity contribution in [2.75, 3.05) is 20.6 Å². The van der Waals surface area contributed by atoms with E-state index in [1.807, 2.05) is 44.4 Å². The molecule has 0 aliphatic heterocycles. The third-order valence-electron chi connectivity index (χ3n) is 2.29. The molecule has 1 aromatic carbocycles. The second-order valence-corrected chi connectivity index (χ2v) is 4.22. The minimum atomic E-state index is -0.160. The Balaban J connectivity index is 1.98. The van der Waals surface area contributed by atoms with E-state index in [2.05, 4.69) is 10.5 Å². The summed E-state index contributed by atoms with van der Waals surface area (Å²) >= 11 is 0. The first-order chi connectivity index (χ1) is 8.65. The molecule has 0 fully saturated rings. The molecule has 94 valence electrons. The van der Waals surface area contributed by atoms with Gasteiger partial charge in [-0.25, -0.2) is 5.43 Å². The van der Waals surface area contributed by atoms with E-state index < -0.39 is 0 Å². The number of hydrazone groups is 1. The number of amides is 1. The van der Waals surface area contributed by atoms with Gasteiger partial charge >= 0.3 is 0 Å². The Morgan fingerprint density at radius 2 is 2.22 bits per heavy atom. The highest BCUT2D eigenvalue weighted by Gasteiger charge is 2.02. The molecule has 0 atom stereocenters. The van der Waals surface area contributed by atoms with Gasteiger partial charge in [0, 0.05) is 5.39 Å². The highest BCUT2D eigenvalue weighted by molar-refractivity contribution is 5.87. The van der Waals surface area contributed by atoms with Crippen LogP contribution in [0.25, 0.3) is 11.0 Å². The van der Waals surface area contributed by atoms with Crippen LogP contribution < -0.4 is 5.43 Å². The first-order valence-corrected chi connectivity index (χ1v) is 5.60. The van der Waals surface area contributed by atoms with Crippen LogP contribution in [0.1, 0.15) is 5.76 Å². The molecule has 0 aliphatic rings. The highest BCUT2D eigenvalue weighted by atomic mass is 16.3. The van der Waals surface area contributed by atoms with Crippen LogP contribution in [0.3, 0.4) is 0 Å². The third-order valence-corrected chi connectivity index (χ3v) is 2.29. The lowest BCUT2D eigenvalue weighted by Gasteiger charge is -2.06. The lowest BCUT2D eigenvalue weighted by molar-refractivity contribution is -0.121. The first kappa shape index (κ1) is 12.3. The summed E-state index contributed by atoms with van der Waals surface area (Å²) in [6, 6.07) is 9.57. The SMILES string of the molecule is CN(C)CC(=O)N/N=C/c1cc2ccccc2o1. The maximum atomic E-state index is 11.3. The Labute approximate surface area is 105 Å². The molecule has 5 nitrogen and oxygen atoms in total. The first-order valence-electron chi connectivity index (χ1n) is 5.60. The molecule has 0 spiro atoms. The van der Waals surface area contributed by atoms with Crippen LogP contribution in [0.4, 0.5) is 0 Å². The van der Waals surface area contributed by atoms with Crippen molar-refractivity contribution in [3.8, 4) is 0 Å². The summed E-state index contributed by atoms with van der Waals surface area (Å²) in [4.78, 5) is 13.1. The second kappa shape index (κ2) is 5.46. The van der Waals surface area contributed by atoms with Crippen LogP contribution in [0.15, 0.2) is 39.9 Å². The van der Waals surface area contributed by atoms with Crippen molar-refractivity contribution < 1.29 is 9.21 Å². The molecule has 0 aliphatic carbocycles. The van der Waals surface area contributed by atoms with Crippen molar-refractivity contribution in [1.82, 2.24) is 10.3 Å². The van der Waals surface area contributed by atoms with Gasteiger partial charge in [-0.1, -0.05) is 18.2 Å². The fraction of sp³-hybridized carbons (Fsp3) is 0.231. The number of fused-ring (bicyclic) bond motifs is 1. The lowest BCUT2D eigenvalue weighted by atomic mass is 10.2. The average Bonchev–Trinajstić information content (AvgIpc) is 2.70. The standard InChI is InChI=1S/C13H15N3O2/c1-16(2)9-13(17)15-14-8-11-7-10-5-3-4-6-12(10)18-11/h3-8H,9H2,1-2H3,(H,15,17)/b14-8+. The Hall–Kier alpha value is -2.14. The van der Waals surface area contributed by atoms with E-state index in [9.17, 15) is 4.79 Å². The molecule has 5 heteroatoms. The minimum Gasteiger partial charge on any atom is -0.455 e. The number of benzene rings is 1. The number of para-hydroxylation sites is 1. The van der Waals surface area contributed by atoms with E-state index in [0.29, 0.717) is 12.3 Å². The second-order valence-electron chi connectivity index (χ2n) is 4.22. The zero-order valence-electron chi connectivity index (χ0n) is 10.4. The summed E-state index contributed by atoms with van der Waals surface area (Å²) in [6.45, 7) is 0.303. The molecule has 0 saturated heterocycles. The van der Waals surface area contributed by atoms with Crippen molar-refractivity contribution in [3.05, 3.63) is 36.1 Å². The van der Waals surface area contributed by atoms with E-state index in [1.165, 1.54) is 6.21 Å². The number of nitrogens with zero attached hydrogens (tertiary/aromatic N) is 2.